The molecule has 2 aliphatic rings. The summed E-state index contributed by atoms with van der Waals surface area (Å²) in [5.74, 6) is 0.930. The van der Waals surface area contributed by atoms with Crippen LogP contribution in [0.2, 0.25) is 0 Å². The van der Waals surface area contributed by atoms with Gasteiger partial charge in [0, 0.05) is 6.42 Å². The summed E-state index contributed by atoms with van der Waals surface area (Å²) in [5.41, 5.74) is 3.00. The highest BCUT2D eigenvalue weighted by Gasteiger charge is 2.50. The van der Waals surface area contributed by atoms with E-state index in [0.29, 0.717) is 17.1 Å². The third-order valence-electron chi connectivity index (χ3n) is 5.46. The molecule has 0 amide bonds. The van der Waals surface area contributed by atoms with Gasteiger partial charge in [0.1, 0.15) is 0 Å². The molecule has 2 rings (SSSR count). The van der Waals surface area contributed by atoms with E-state index in [1.807, 2.05) is 6.92 Å². The molecule has 0 aromatic carbocycles. The smallest absolute Gasteiger partial charge is 0.158 e. The second-order valence-corrected chi connectivity index (χ2v) is 6.69. The first kappa shape index (κ1) is 11.9. The molecule has 16 heavy (non-hydrogen) atoms. The van der Waals surface area contributed by atoms with Crippen molar-refractivity contribution in [3.05, 3.63) is 11.1 Å². The molecule has 2 aliphatic carbocycles. The molecule has 0 aromatic heterocycles. The summed E-state index contributed by atoms with van der Waals surface area (Å²) in [5, 5.41) is 0. The Morgan fingerprint density at radius 1 is 1.12 bits per heavy atom. The van der Waals surface area contributed by atoms with Crippen molar-refractivity contribution in [3.8, 4) is 0 Å². The third kappa shape index (κ3) is 1.48. The lowest BCUT2D eigenvalue weighted by atomic mass is 9.50. The number of hydrogen-bond donors (Lipinski definition) is 0. The van der Waals surface area contributed by atoms with Crippen LogP contribution in [0.25, 0.3) is 0 Å². The summed E-state index contributed by atoms with van der Waals surface area (Å²) >= 11 is 0. The van der Waals surface area contributed by atoms with Gasteiger partial charge in [-0.05, 0) is 49.0 Å². The van der Waals surface area contributed by atoms with Crippen molar-refractivity contribution >= 4 is 5.78 Å². The van der Waals surface area contributed by atoms with E-state index in [2.05, 4.69) is 27.7 Å². The van der Waals surface area contributed by atoms with Gasteiger partial charge in [0.05, 0.1) is 0 Å². The number of fused-ring (bicyclic) bond motifs is 1. The zero-order valence-electron chi connectivity index (χ0n) is 11.3. The number of carbonyl (C=O) groups is 1. The molecule has 0 N–H and O–H groups in total. The van der Waals surface area contributed by atoms with Crippen LogP contribution in [0.4, 0.5) is 0 Å². The molecular weight excluding hydrogens is 196 g/mol. The normalized spacial score (nSPS) is 38.6. The Bertz CT molecular complexity index is 362. The van der Waals surface area contributed by atoms with Gasteiger partial charge in [-0.15, -0.1) is 0 Å². The van der Waals surface area contributed by atoms with Crippen molar-refractivity contribution in [2.45, 2.75) is 60.3 Å². The molecule has 1 heteroatoms. The minimum absolute atomic E-state index is 0.278. The topological polar surface area (TPSA) is 17.1 Å². The van der Waals surface area contributed by atoms with Gasteiger partial charge >= 0.3 is 0 Å². The number of ketones is 1. The van der Waals surface area contributed by atoms with Crippen LogP contribution < -0.4 is 0 Å². The van der Waals surface area contributed by atoms with Crippen molar-refractivity contribution in [2.75, 3.05) is 0 Å². The van der Waals surface area contributed by atoms with Crippen LogP contribution in [-0.4, -0.2) is 5.78 Å². The van der Waals surface area contributed by atoms with Gasteiger partial charge in [-0.1, -0.05) is 32.8 Å². The maximum absolute atomic E-state index is 12.0. The SMILES string of the molecule is CC1=C(C)[C@@]2(C)CCCC(C)(C)C2CC1=O. The fourth-order valence-electron chi connectivity index (χ4n) is 4.05. The van der Waals surface area contributed by atoms with Crippen molar-refractivity contribution < 1.29 is 4.79 Å². The number of Topliss-reactive ketones (excluding diaryl/α,β-unsaturated/α-hetero) is 1. The predicted molar refractivity (Wildman–Crippen MR) is 67.2 cm³/mol. The summed E-state index contributed by atoms with van der Waals surface area (Å²) in [7, 11) is 0. The molecule has 90 valence electrons. The van der Waals surface area contributed by atoms with E-state index in [1.54, 1.807) is 0 Å². The first-order chi connectivity index (χ1) is 7.29. The van der Waals surface area contributed by atoms with Crippen molar-refractivity contribution in [1.29, 1.82) is 0 Å². The average Bonchev–Trinajstić information content (AvgIpc) is 2.19. The second-order valence-electron chi connectivity index (χ2n) is 6.69. The molecule has 0 aromatic rings. The van der Waals surface area contributed by atoms with Crippen molar-refractivity contribution in [1.82, 2.24) is 0 Å². The van der Waals surface area contributed by atoms with Gasteiger partial charge in [-0.2, -0.15) is 0 Å². The second kappa shape index (κ2) is 3.45. The van der Waals surface area contributed by atoms with E-state index in [1.165, 1.54) is 24.8 Å². The summed E-state index contributed by atoms with van der Waals surface area (Å²) in [6, 6.07) is 0. The van der Waals surface area contributed by atoms with E-state index in [4.69, 9.17) is 0 Å². The highest BCUT2D eigenvalue weighted by molar-refractivity contribution is 5.97. The Hall–Kier alpha value is -0.590. The number of rotatable bonds is 0. The molecule has 0 bridgehead atoms. The van der Waals surface area contributed by atoms with E-state index in [-0.39, 0.29) is 5.41 Å². The minimum Gasteiger partial charge on any atom is -0.295 e. The molecular formula is C15H24O. The van der Waals surface area contributed by atoms with E-state index >= 15 is 0 Å². The molecule has 0 heterocycles. The van der Waals surface area contributed by atoms with Crippen molar-refractivity contribution in [3.63, 3.8) is 0 Å². The first-order valence-electron chi connectivity index (χ1n) is 6.50. The predicted octanol–water partition coefficient (Wildman–Crippen LogP) is 4.13. The molecule has 0 radical (unpaired) electrons. The summed E-state index contributed by atoms with van der Waals surface area (Å²) in [6.07, 6.45) is 4.61. The quantitative estimate of drug-likeness (QED) is 0.600. The lowest BCUT2D eigenvalue weighted by Crippen LogP contribution is -2.46. The van der Waals surface area contributed by atoms with Gasteiger partial charge in [-0.25, -0.2) is 0 Å². The molecule has 0 aliphatic heterocycles. The number of carbonyl (C=O) groups excluding carboxylic acids is 1. The standard InChI is InChI=1S/C15H24O/c1-10-11(2)15(5)8-6-7-14(3,4)13(15)9-12(10)16/h13H,6-9H2,1-5H3/t13?,15-/m1/s1. The van der Waals surface area contributed by atoms with Gasteiger partial charge in [0.15, 0.2) is 5.78 Å². The Morgan fingerprint density at radius 3 is 2.38 bits per heavy atom. The summed E-state index contributed by atoms with van der Waals surface area (Å²) in [6.45, 7) is 11.3. The van der Waals surface area contributed by atoms with E-state index < -0.39 is 0 Å². The van der Waals surface area contributed by atoms with Crippen LogP contribution >= 0.6 is 0 Å². The minimum atomic E-state index is 0.278. The van der Waals surface area contributed by atoms with Gasteiger partial charge in [0.25, 0.3) is 0 Å². The maximum atomic E-state index is 12.0. The third-order valence-corrected chi connectivity index (χ3v) is 5.46. The maximum Gasteiger partial charge on any atom is 0.158 e. The fourth-order valence-corrected chi connectivity index (χ4v) is 4.05. The molecule has 0 saturated heterocycles. The Balaban J connectivity index is 2.51. The lowest BCUT2D eigenvalue weighted by Gasteiger charge is -2.54. The lowest BCUT2D eigenvalue weighted by molar-refractivity contribution is -0.121. The van der Waals surface area contributed by atoms with Crippen LogP contribution in [0.3, 0.4) is 0 Å². The fraction of sp³-hybridized carbons (Fsp3) is 0.800. The molecule has 1 nitrogen and oxygen atoms in total. The molecule has 0 spiro atoms. The monoisotopic (exact) mass is 220 g/mol. The Labute approximate surface area is 99.3 Å². The van der Waals surface area contributed by atoms with Crippen LogP contribution in [0.5, 0.6) is 0 Å². The van der Waals surface area contributed by atoms with Crippen molar-refractivity contribution in [2.24, 2.45) is 16.7 Å². The van der Waals surface area contributed by atoms with Crippen LogP contribution in [-0.2, 0) is 4.79 Å². The number of allylic oxidation sites excluding steroid dienone is 2. The van der Waals surface area contributed by atoms with Gasteiger partial charge in [-0.3, -0.25) is 4.79 Å². The highest BCUT2D eigenvalue weighted by Crippen LogP contribution is 2.58. The van der Waals surface area contributed by atoms with Crippen LogP contribution in [0.1, 0.15) is 60.3 Å². The molecule has 1 fully saturated rings. The molecule has 1 unspecified atom stereocenters. The zero-order valence-corrected chi connectivity index (χ0v) is 11.3. The van der Waals surface area contributed by atoms with Gasteiger partial charge in [0.2, 0.25) is 0 Å². The van der Waals surface area contributed by atoms with Crippen LogP contribution in [0, 0.1) is 16.7 Å². The number of hydrogen-bond acceptors (Lipinski definition) is 1. The average molecular weight is 220 g/mol. The van der Waals surface area contributed by atoms with E-state index in [9.17, 15) is 4.79 Å². The first-order valence-corrected chi connectivity index (χ1v) is 6.50. The van der Waals surface area contributed by atoms with Gasteiger partial charge < -0.3 is 0 Å². The molecule has 2 atom stereocenters. The Morgan fingerprint density at radius 2 is 1.75 bits per heavy atom. The zero-order chi connectivity index (χ0) is 12.1. The molecule has 1 saturated carbocycles. The van der Waals surface area contributed by atoms with Crippen LogP contribution in [0.15, 0.2) is 11.1 Å². The summed E-state index contributed by atoms with van der Waals surface area (Å²) in [4.78, 5) is 12.0. The largest absolute Gasteiger partial charge is 0.295 e. The highest BCUT2D eigenvalue weighted by atomic mass is 16.1. The van der Waals surface area contributed by atoms with E-state index in [0.717, 1.165) is 12.0 Å². The summed E-state index contributed by atoms with van der Waals surface area (Å²) < 4.78 is 0. The Kier molecular flexibility index (Phi) is 2.56.